The lowest BCUT2D eigenvalue weighted by molar-refractivity contribution is 0.152. The van der Waals surface area contributed by atoms with Crippen molar-refractivity contribution in [2.75, 3.05) is 11.9 Å². The molecule has 1 N–H and O–H groups in total. The lowest BCUT2D eigenvalue weighted by atomic mass is 9.64. The van der Waals surface area contributed by atoms with Crippen LogP contribution in [0.3, 0.4) is 0 Å². The molecule has 2 heterocycles. The Kier molecular flexibility index (Phi) is 8.80. The largest absolute Gasteiger partial charge is 0.350 e. The van der Waals surface area contributed by atoms with E-state index in [-0.39, 0.29) is 12.3 Å². The number of nitrogens with zero attached hydrogens (tertiary/aromatic N) is 3. The number of benzene rings is 9. The van der Waals surface area contributed by atoms with E-state index in [0.29, 0.717) is 0 Å². The van der Waals surface area contributed by atoms with Crippen LogP contribution in [0.1, 0.15) is 51.3 Å². The van der Waals surface area contributed by atoms with Crippen LogP contribution in [0.2, 0.25) is 0 Å². The summed E-state index contributed by atoms with van der Waals surface area (Å²) in [6.45, 7) is 0. The van der Waals surface area contributed by atoms with E-state index >= 15 is 0 Å². The summed E-state index contributed by atoms with van der Waals surface area (Å²) in [6.07, 6.45) is -0.185. The minimum atomic E-state index is -0.470. The molecule has 9 aromatic rings. The van der Waals surface area contributed by atoms with Crippen LogP contribution in [0.5, 0.6) is 0 Å². The van der Waals surface area contributed by atoms with Gasteiger partial charge in [-0.05, 0) is 110 Å². The Morgan fingerprint density at radius 3 is 1.63 bits per heavy atom. The van der Waals surface area contributed by atoms with Crippen molar-refractivity contribution in [2.24, 2.45) is 4.99 Å². The second kappa shape index (κ2) is 15.0. The van der Waals surface area contributed by atoms with Gasteiger partial charge in [0.1, 0.15) is 18.2 Å². The molecule has 1 aliphatic carbocycles. The maximum absolute atomic E-state index is 5.21. The van der Waals surface area contributed by atoms with E-state index in [1.54, 1.807) is 0 Å². The fraction of sp³-hybridized carbons (Fsp3) is 0.0678. The Labute approximate surface area is 369 Å². The molecule has 2 unspecified atom stereocenters. The number of aliphatic imine (C=N–C) groups is 1. The Morgan fingerprint density at radius 1 is 0.413 bits per heavy atom. The Balaban J connectivity index is 0.911. The predicted octanol–water partition coefficient (Wildman–Crippen LogP) is 13.8. The van der Waals surface area contributed by atoms with Crippen LogP contribution >= 0.6 is 0 Å². The van der Waals surface area contributed by atoms with Gasteiger partial charge in [0.05, 0.1) is 16.8 Å². The zero-order valence-corrected chi connectivity index (χ0v) is 34.9. The van der Waals surface area contributed by atoms with Gasteiger partial charge in [-0.3, -0.25) is 4.90 Å². The van der Waals surface area contributed by atoms with Gasteiger partial charge in [-0.1, -0.05) is 194 Å². The zero-order chi connectivity index (χ0) is 41.9. The van der Waals surface area contributed by atoms with Gasteiger partial charge in [0.15, 0.2) is 0 Å². The average molecular weight is 809 g/mol. The summed E-state index contributed by atoms with van der Waals surface area (Å²) < 4.78 is 0. The van der Waals surface area contributed by atoms with Crippen LogP contribution < -0.4 is 10.2 Å². The first-order chi connectivity index (χ1) is 31.2. The smallest absolute Gasteiger partial charge is 0.132 e. The van der Waals surface area contributed by atoms with E-state index in [1.807, 2.05) is 6.07 Å². The summed E-state index contributed by atoms with van der Waals surface area (Å²) >= 11 is 0. The molecule has 12 rings (SSSR count). The van der Waals surface area contributed by atoms with Crippen molar-refractivity contribution in [1.82, 2.24) is 10.2 Å². The van der Waals surface area contributed by atoms with Crippen LogP contribution in [-0.4, -0.2) is 17.8 Å². The predicted molar refractivity (Wildman–Crippen MR) is 259 cm³/mol. The highest BCUT2D eigenvalue weighted by molar-refractivity contribution is 6.00. The van der Waals surface area contributed by atoms with Gasteiger partial charge < -0.3 is 10.2 Å². The molecule has 0 saturated carbocycles. The number of nitrogens with one attached hydrogen (secondary N) is 1. The highest BCUT2D eigenvalue weighted by Gasteiger charge is 2.51. The van der Waals surface area contributed by atoms with Crippen LogP contribution in [0.25, 0.3) is 33.4 Å². The van der Waals surface area contributed by atoms with Gasteiger partial charge >= 0.3 is 0 Å². The molecule has 300 valence electrons. The molecule has 1 spiro atoms. The van der Waals surface area contributed by atoms with E-state index < -0.39 is 5.41 Å². The molecular formula is C59H44N4. The first-order valence-electron chi connectivity index (χ1n) is 21.8. The summed E-state index contributed by atoms with van der Waals surface area (Å²) in [4.78, 5) is 9.96. The third-order valence-corrected chi connectivity index (χ3v) is 13.4. The van der Waals surface area contributed by atoms with Gasteiger partial charge in [0, 0.05) is 11.3 Å². The first-order valence-corrected chi connectivity index (χ1v) is 21.8. The Morgan fingerprint density at radius 2 is 0.937 bits per heavy atom. The minimum Gasteiger partial charge on any atom is -0.350 e. The molecule has 63 heavy (non-hydrogen) atoms. The SMILES string of the molecule is CN1C(c2ccccc2)N=C(c2ccccc2)NC1c1ccc(-c2cccc(-c3ccc4c(c3)-c3ccccc3C43c4ccccc4N(c4ccccc4)c4ccccc43)c2)cc1. The van der Waals surface area contributed by atoms with E-state index in [4.69, 9.17) is 4.99 Å². The molecule has 0 bridgehead atoms. The molecule has 4 nitrogen and oxygen atoms in total. The van der Waals surface area contributed by atoms with Crippen molar-refractivity contribution >= 4 is 22.9 Å². The molecule has 9 aromatic carbocycles. The number of hydrogen-bond donors (Lipinski definition) is 1. The van der Waals surface area contributed by atoms with E-state index in [2.05, 4.69) is 247 Å². The van der Waals surface area contributed by atoms with Crippen LogP contribution in [0.4, 0.5) is 17.1 Å². The number of para-hydroxylation sites is 3. The fourth-order valence-electron chi connectivity index (χ4n) is 10.5. The zero-order valence-electron chi connectivity index (χ0n) is 34.9. The number of fused-ring (bicyclic) bond motifs is 9. The van der Waals surface area contributed by atoms with Gasteiger partial charge in [-0.15, -0.1) is 0 Å². The van der Waals surface area contributed by atoms with Gasteiger partial charge in [0.25, 0.3) is 0 Å². The van der Waals surface area contributed by atoms with E-state index in [0.717, 1.165) is 17.1 Å². The molecule has 0 saturated heterocycles. The Hall–Kier alpha value is -7.79. The van der Waals surface area contributed by atoms with Crippen molar-refractivity contribution in [3.8, 4) is 33.4 Å². The fourth-order valence-corrected chi connectivity index (χ4v) is 10.5. The molecule has 2 atom stereocenters. The van der Waals surface area contributed by atoms with Gasteiger partial charge in [0.2, 0.25) is 0 Å². The molecule has 0 radical (unpaired) electrons. The van der Waals surface area contributed by atoms with Crippen LogP contribution in [0, 0.1) is 0 Å². The third kappa shape index (κ3) is 5.90. The third-order valence-electron chi connectivity index (χ3n) is 13.4. The van der Waals surface area contributed by atoms with Gasteiger partial charge in [-0.25, -0.2) is 4.99 Å². The molecule has 0 fully saturated rings. The summed E-state index contributed by atoms with van der Waals surface area (Å²) in [5.41, 5.74) is 19.1. The molecule has 4 heteroatoms. The lowest BCUT2D eigenvalue weighted by Crippen LogP contribution is -2.45. The van der Waals surface area contributed by atoms with Crippen molar-refractivity contribution in [3.63, 3.8) is 0 Å². The van der Waals surface area contributed by atoms with Crippen molar-refractivity contribution in [3.05, 3.63) is 269 Å². The maximum atomic E-state index is 5.21. The highest BCUT2D eigenvalue weighted by atomic mass is 15.4. The molecule has 0 aromatic heterocycles. The van der Waals surface area contributed by atoms with Crippen LogP contribution in [-0.2, 0) is 5.41 Å². The lowest BCUT2D eigenvalue weighted by Gasteiger charge is -2.45. The van der Waals surface area contributed by atoms with Crippen molar-refractivity contribution in [2.45, 2.75) is 17.7 Å². The van der Waals surface area contributed by atoms with Crippen molar-refractivity contribution in [1.29, 1.82) is 0 Å². The molecule has 2 aliphatic heterocycles. The maximum Gasteiger partial charge on any atom is 0.132 e. The molecule has 0 amide bonds. The number of hydrogen-bond acceptors (Lipinski definition) is 4. The standard InChI is InChI=1S/C59H44N4/c1-62-57(42-20-7-3-8-21-42)60-56(41-18-5-2-6-19-41)61-58(62)43-34-32-40(33-35-43)44-22-17-23-45(38-44)46-36-37-51-49(39-46)48-26-11-12-27-50(48)59(51)52-28-13-15-30-54(52)63(47-24-9-4-10-25-47)55-31-16-14-29-53(55)59/h2-39,57-58H,1H3,(H,60,61). The molecular weight excluding hydrogens is 765 g/mol. The van der Waals surface area contributed by atoms with Crippen LogP contribution in [0.15, 0.2) is 236 Å². The summed E-state index contributed by atoms with van der Waals surface area (Å²) in [6, 6.07) is 84.0. The van der Waals surface area contributed by atoms with Crippen molar-refractivity contribution < 1.29 is 0 Å². The number of anilines is 3. The summed E-state index contributed by atoms with van der Waals surface area (Å²) in [7, 11) is 2.15. The second-order valence-electron chi connectivity index (χ2n) is 16.8. The number of amidine groups is 1. The highest BCUT2D eigenvalue weighted by Crippen LogP contribution is 2.63. The van der Waals surface area contributed by atoms with Gasteiger partial charge in [-0.2, -0.15) is 0 Å². The topological polar surface area (TPSA) is 30.9 Å². The average Bonchev–Trinajstić information content (AvgIpc) is 3.65. The molecule has 3 aliphatic rings. The van der Waals surface area contributed by atoms with E-state index in [9.17, 15) is 0 Å². The monoisotopic (exact) mass is 808 g/mol. The Bertz CT molecular complexity index is 3130. The summed E-state index contributed by atoms with van der Waals surface area (Å²) in [5, 5.41) is 3.77. The number of rotatable bonds is 6. The summed E-state index contributed by atoms with van der Waals surface area (Å²) in [5.74, 6) is 0.901. The minimum absolute atomic E-state index is 0.0645. The quantitative estimate of drug-likeness (QED) is 0.182. The normalized spacial score (nSPS) is 16.9. The first kappa shape index (κ1) is 37.0. The second-order valence-corrected chi connectivity index (χ2v) is 16.8. The van der Waals surface area contributed by atoms with E-state index in [1.165, 1.54) is 78.1 Å².